The lowest BCUT2D eigenvalue weighted by Crippen LogP contribution is -2.24. The van der Waals surface area contributed by atoms with Gasteiger partial charge in [0.05, 0.1) is 6.54 Å². The Morgan fingerprint density at radius 3 is 2.50 bits per heavy atom. The van der Waals surface area contributed by atoms with Gasteiger partial charge in [-0.05, 0) is 43.1 Å². The van der Waals surface area contributed by atoms with Crippen LogP contribution in [0, 0.1) is 0 Å². The normalized spacial score (nSPS) is 26.4. The van der Waals surface area contributed by atoms with E-state index in [1.54, 1.807) is 4.90 Å². The zero-order chi connectivity index (χ0) is 14.2. The Hall–Kier alpha value is -1.16. The van der Waals surface area contributed by atoms with Gasteiger partial charge in [0, 0.05) is 25.2 Å². The van der Waals surface area contributed by atoms with E-state index in [1.165, 1.54) is 18.5 Å². The fraction of sp³-hybridized carbons (Fsp3) is 0.625. The minimum absolute atomic E-state index is 0.0250. The number of benzene rings is 1. The van der Waals surface area contributed by atoms with Gasteiger partial charge in [-0.25, -0.2) is 8.78 Å². The number of anilines is 1. The van der Waals surface area contributed by atoms with Crippen molar-refractivity contribution < 1.29 is 8.78 Å². The monoisotopic (exact) mass is 280 g/mol. The summed E-state index contributed by atoms with van der Waals surface area (Å²) in [7, 11) is 0. The van der Waals surface area contributed by atoms with Crippen molar-refractivity contribution in [2.45, 2.75) is 31.6 Å². The third kappa shape index (κ3) is 2.80. The van der Waals surface area contributed by atoms with E-state index in [2.05, 4.69) is 24.0 Å². The maximum atomic E-state index is 13.2. The second-order valence-corrected chi connectivity index (χ2v) is 6.00. The van der Waals surface area contributed by atoms with E-state index in [0.29, 0.717) is 12.5 Å². The van der Waals surface area contributed by atoms with Crippen molar-refractivity contribution >= 4 is 5.69 Å². The summed E-state index contributed by atoms with van der Waals surface area (Å²) in [6, 6.07) is 8.25. The van der Waals surface area contributed by atoms with Crippen molar-refractivity contribution in [1.29, 1.82) is 0 Å². The van der Waals surface area contributed by atoms with Crippen LogP contribution in [-0.2, 0) is 0 Å². The van der Waals surface area contributed by atoms with Crippen molar-refractivity contribution in [3.63, 3.8) is 0 Å². The highest BCUT2D eigenvalue weighted by Crippen LogP contribution is 2.32. The molecule has 0 aliphatic carbocycles. The maximum absolute atomic E-state index is 13.2. The molecule has 2 heterocycles. The molecule has 0 radical (unpaired) electrons. The first-order chi connectivity index (χ1) is 9.57. The van der Waals surface area contributed by atoms with Crippen LogP contribution in [0.5, 0.6) is 0 Å². The molecule has 1 aromatic carbocycles. The number of hydrogen-bond donors (Lipinski definition) is 0. The maximum Gasteiger partial charge on any atom is 0.266 e. The van der Waals surface area contributed by atoms with Crippen LogP contribution < -0.4 is 4.90 Å². The number of rotatable bonds is 3. The summed E-state index contributed by atoms with van der Waals surface area (Å²) >= 11 is 0. The number of halogens is 2. The summed E-state index contributed by atoms with van der Waals surface area (Å²) in [6.07, 6.45) is 1.18. The van der Waals surface area contributed by atoms with E-state index in [9.17, 15) is 8.78 Å². The van der Waals surface area contributed by atoms with Crippen molar-refractivity contribution in [1.82, 2.24) is 4.90 Å². The molecule has 0 amide bonds. The largest absolute Gasteiger partial charge is 0.365 e. The zero-order valence-electron chi connectivity index (χ0n) is 12.0. The summed E-state index contributed by atoms with van der Waals surface area (Å²) in [4.78, 5) is 4.25. The molecule has 2 fully saturated rings. The Balaban J connectivity index is 1.66. The molecule has 0 N–H and O–H groups in total. The van der Waals surface area contributed by atoms with Gasteiger partial charge < -0.3 is 9.80 Å². The fourth-order valence-electron chi connectivity index (χ4n) is 3.31. The number of likely N-dealkylation sites (N-methyl/N-ethyl adjacent to an activating group) is 1. The lowest BCUT2D eigenvalue weighted by molar-refractivity contribution is 0.0257. The molecule has 2 saturated heterocycles. The lowest BCUT2D eigenvalue weighted by Gasteiger charge is -2.19. The molecule has 0 aromatic heterocycles. The van der Waals surface area contributed by atoms with Crippen LogP contribution in [0.15, 0.2) is 24.3 Å². The Kier molecular flexibility index (Phi) is 3.67. The van der Waals surface area contributed by atoms with E-state index in [4.69, 9.17) is 0 Å². The van der Waals surface area contributed by atoms with Crippen LogP contribution in [0.25, 0.3) is 0 Å². The van der Waals surface area contributed by atoms with Gasteiger partial charge in [-0.2, -0.15) is 0 Å². The summed E-state index contributed by atoms with van der Waals surface area (Å²) in [5.41, 5.74) is 2.27. The molecule has 2 aliphatic rings. The predicted octanol–water partition coefficient (Wildman–Crippen LogP) is 3.34. The van der Waals surface area contributed by atoms with Crippen LogP contribution >= 0.6 is 0 Å². The molecule has 1 aromatic rings. The minimum Gasteiger partial charge on any atom is -0.365 e. The number of hydrogen-bond acceptors (Lipinski definition) is 2. The highest BCUT2D eigenvalue weighted by Gasteiger charge is 2.38. The topological polar surface area (TPSA) is 6.48 Å². The number of likely N-dealkylation sites (tertiary alicyclic amines) is 1. The van der Waals surface area contributed by atoms with Crippen LogP contribution in [-0.4, -0.2) is 43.5 Å². The smallest absolute Gasteiger partial charge is 0.266 e. The van der Waals surface area contributed by atoms with Crippen molar-refractivity contribution in [3.05, 3.63) is 29.8 Å². The Morgan fingerprint density at radius 2 is 1.95 bits per heavy atom. The highest BCUT2D eigenvalue weighted by atomic mass is 19.3. The standard InChI is InChI=1S/C16H22F2N2/c1-2-19-9-7-14(11-19)13-3-5-15(6-4-13)20-10-8-16(17,18)12-20/h3-6,14H,2,7-12H2,1H3. The van der Waals surface area contributed by atoms with E-state index in [0.717, 1.165) is 18.8 Å². The first-order valence-electron chi connectivity index (χ1n) is 7.52. The van der Waals surface area contributed by atoms with Crippen molar-refractivity contribution in [2.75, 3.05) is 37.6 Å². The minimum atomic E-state index is -2.52. The van der Waals surface area contributed by atoms with Crippen molar-refractivity contribution in [2.24, 2.45) is 0 Å². The molecule has 2 nitrogen and oxygen atoms in total. The molecular formula is C16H22F2N2. The average Bonchev–Trinajstić information content (AvgIpc) is 3.05. The lowest BCUT2D eigenvalue weighted by atomic mass is 9.98. The molecule has 1 atom stereocenters. The number of nitrogens with zero attached hydrogens (tertiary/aromatic N) is 2. The summed E-state index contributed by atoms with van der Waals surface area (Å²) in [6.45, 7) is 5.91. The van der Waals surface area contributed by atoms with E-state index in [1.807, 2.05) is 12.1 Å². The molecule has 1 unspecified atom stereocenters. The Bertz CT molecular complexity index is 458. The van der Waals surface area contributed by atoms with Gasteiger partial charge in [0.15, 0.2) is 0 Å². The molecule has 0 bridgehead atoms. The van der Waals surface area contributed by atoms with Crippen LogP contribution in [0.4, 0.5) is 14.5 Å². The SMILES string of the molecule is CCN1CCC(c2ccc(N3CCC(F)(F)C3)cc2)C1. The van der Waals surface area contributed by atoms with Gasteiger partial charge in [0.2, 0.25) is 0 Å². The van der Waals surface area contributed by atoms with Crippen LogP contribution in [0.3, 0.4) is 0 Å². The first kappa shape index (κ1) is 13.8. The van der Waals surface area contributed by atoms with Gasteiger partial charge in [-0.1, -0.05) is 19.1 Å². The molecule has 3 rings (SSSR count). The van der Waals surface area contributed by atoms with Gasteiger partial charge in [-0.15, -0.1) is 0 Å². The van der Waals surface area contributed by atoms with Crippen molar-refractivity contribution in [3.8, 4) is 0 Å². The summed E-state index contributed by atoms with van der Waals surface area (Å²) in [5.74, 6) is -1.92. The quantitative estimate of drug-likeness (QED) is 0.838. The molecule has 0 saturated carbocycles. The third-order valence-corrected chi connectivity index (χ3v) is 4.62. The van der Waals surface area contributed by atoms with E-state index in [-0.39, 0.29) is 13.0 Å². The molecule has 4 heteroatoms. The molecule has 2 aliphatic heterocycles. The highest BCUT2D eigenvalue weighted by molar-refractivity contribution is 5.49. The third-order valence-electron chi connectivity index (χ3n) is 4.62. The molecule has 0 spiro atoms. The van der Waals surface area contributed by atoms with Gasteiger partial charge in [0.25, 0.3) is 5.92 Å². The van der Waals surface area contributed by atoms with Gasteiger partial charge in [0.1, 0.15) is 0 Å². The second kappa shape index (κ2) is 5.32. The summed E-state index contributed by atoms with van der Waals surface area (Å²) in [5, 5.41) is 0. The van der Waals surface area contributed by atoms with Crippen LogP contribution in [0.1, 0.15) is 31.2 Å². The summed E-state index contributed by atoms with van der Waals surface area (Å²) < 4.78 is 26.5. The Morgan fingerprint density at radius 1 is 1.20 bits per heavy atom. The van der Waals surface area contributed by atoms with Gasteiger partial charge in [-0.3, -0.25) is 0 Å². The number of alkyl halides is 2. The molecular weight excluding hydrogens is 258 g/mol. The van der Waals surface area contributed by atoms with Gasteiger partial charge >= 0.3 is 0 Å². The molecule has 110 valence electrons. The van der Waals surface area contributed by atoms with E-state index < -0.39 is 5.92 Å². The van der Waals surface area contributed by atoms with Crippen LogP contribution in [0.2, 0.25) is 0 Å². The zero-order valence-corrected chi connectivity index (χ0v) is 12.0. The predicted molar refractivity (Wildman–Crippen MR) is 77.7 cm³/mol. The Labute approximate surface area is 119 Å². The fourth-order valence-corrected chi connectivity index (χ4v) is 3.31. The molecule has 20 heavy (non-hydrogen) atoms. The average molecular weight is 280 g/mol. The second-order valence-electron chi connectivity index (χ2n) is 6.00. The first-order valence-corrected chi connectivity index (χ1v) is 7.52. The van der Waals surface area contributed by atoms with E-state index >= 15 is 0 Å².